The second kappa shape index (κ2) is 10.4. The molecule has 156 valence electrons. The third-order valence-corrected chi connectivity index (χ3v) is 5.32. The second-order valence-corrected chi connectivity index (χ2v) is 7.39. The first-order valence-electron chi connectivity index (χ1n) is 9.12. The molecule has 2 aromatic carbocycles. The lowest BCUT2D eigenvalue weighted by molar-refractivity contribution is -0.385. The van der Waals surface area contributed by atoms with Gasteiger partial charge in [-0.1, -0.05) is 36.4 Å². The Labute approximate surface area is 177 Å². The number of carbonyl (C=O) groups is 1. The first-order chi connectivity index (χ1) is 14.6. The highest BCUT2D eigenvalue weighted by Gasteiger charge is 2.17. The van der Waals surface area contributed by atoms with Gasteiger partial charge in [-0.3, -0.25) is 19.6 Å². The van der Waals surface area contributed by atoms with E-state index in [1.807, 2.05) is 30.3 Å². The summed E-state index contributed by atoms with van der Waals surface area (Å²) in [6, 6.07) is 14.2. The van der Waals surface area contributed by atoms with Crippen LogP contribution in [0, 0.1) is 10.1 Å². The van der Waals surface area contributed by atoms with Gasteiger partial charge in [0.25, 0.3) is 0 Å². The smallest absolute Gasteiger partial charge is 0.311 e. The van der Waals surface area contributed by atoms with Crippen LogP contribution < -0.4 is 10.1 Å². The van der Waals surface area contributed by atoms with Crippen molar-refractivity contribution in [1.29, 1.82) is 0 Å². The lowest BCUT2D eigenvalue weighted by atomic mass is 10.1. The number of hydrogen-bond donors (Lipinski definition) is 1. The molecule has 0 radical (unpaired) electrons. The fourth-order valence-corrected chi connectivity index (χ4v) is 3.69. The summed E-state index contributed by atoms with van der Waals surface area (Å²) in [5, 5.41) is 18.3. The molecular weight excluding hydrogens is 406 g/mol. The van der Waals surface area contributed by atoms with Gasteiger partial charge in [0.05, 0.1) is 30.4 Å². The van der Waals surface area contributed by atoms with Gasteiger partial charge in [0.15, 0.2) is 5.75 Å². The van der Waals surface area contributed by atoms with E-state index in [0.717, 1.165) is 11.1 Å². The van der Waals surface area contributed by atoms with E-state index in [9.17, 15) is 14.9 Å². The molecule has 1 atom stereocenters. The first kappa shape index (κ1) is 21.3. The normalized spacial score (nSPS) is 11.6. The van der Waals surface area contributed by atoms with E-state index in [1.54, 1.807) is 23.1 Å². The molecule has 9 nitrogen and oxygen atoms in total. The van der Waals surface area contributed by atoms with Crippen LogP contribution in [0.4, 0.5) is 5.69 Å². The molecule has 0 saturated heterocycles. The van der Waals surface area contributed by atoms with E-state index < -0.39 is 4.92 Å². The standard InChI is InChI=1S/C20H21N5O4S/c1-29-19-8-7-15(9-18(19)25(27)28)11-30-12-20(26)23-17(10-24-14-21-13-22-24)16-5-3-2-4-6-16/h2-9,13-14,17H,10-12H2,1H3,(H,23,26). The summed E-state index contributed by atoms with van der Waals surface area (Å²) in [5.41, 5.74) is 1.64. The average Bonchev–Trinajstić information content (AvgIpc) is 3.27. The number of amides is 1. The number of nitro groups is 1. The second-order valence-electron chi connectivity index (χ2n) is 6.40. The van der Waals surface area contributed by atoms with Crippen molar-refractivity contribution in [3.05, 3.63) is 82.4 Å². The fraction of sp³-hybridized carbons (Fsp3) is 0.250. The molecule has 3 aromatic rings. The monoisotopic (exact) mass is 427 g/mol. The highest BCUT2D eigenvalue weighted by atomic mass is 32.2. The number of rotatable bonds is 10. The zero-order chi connectivity index (χ0) is 21.3. The zero-order valence-corrected chi connectivity index (χ0v) is 17.1. The average molecular weight is 427 g/mol. The quantitative estimate of drug-likeness (QED) is 0.391. The molecule has 3 rings (SSSR count). The fourth-order valence-electron chi connectivity index (χ4n) is 2.90. The van der Waals surface area contributed by atoms with Crippen LogP contribution in [-0.4, -0.2) is 38.5 Å². The molecule has 30 heavy (non-hydrogen) atoms. The van der Waals surface area contributed by atoms with Crippen molar-refractivity contribution in [2.75, 3.05) is 12.9 Å². The van der Waals surface area contributed by atoms with Crippen LogP contribution in [0.5, 0.6) is 5.75 Å². The predicted octanol–water partition coefficient (Wildman–Crippen LogP) is 2.99. The molecule has 1 aromatic heterocycles. The molecule has 0 saturated carbocycles. The molecule has 0 fully saturated rings. The van der Waals surface area contributed by atoms with Crippen LogP contribution in [0.25, 0.3) is 0 Å². The van der Waals surface area contributed by atoms with E-state index in [0.29, 0.717) is 12.3 Å². The molecule has 10 heteroatoms. The SMILES string of the molecule is COc1ccc(CSCC(=O)NC(Cn2cncn2)c2ccccc2)cc1[N+](=O)[O-]. The Morgan fingerprint density at radius 2 is 2.10 bits per heavy atom. The van der Waals surface area contributed by atoms with Gasteiger partial charge in [0.2, 0.25) is 5.91 Å². The minimum Gasteiger partial charge on any atom is -0.490 e. The highest BCUT2D eigenvalue weighted by molar-refractivity contribution is 7.99. The minimum absolute atomic E-state index is 0.0861. The van der Waals surface area contributed by atoms with Crippen molar-refractivity contribution in [1.82, 2.24) is 20.1 Å². The Bertz CT molecular complexity index is 982. The van der Waals surface area contributed by atoms with E-state index in [-0.39, 0.29) is 29.1 Å². The number of nitro benzene ring substituents is 1. The van der Waals surface area contributed by atoms with Crippen LogP contribution in [0.2, 0.25) is 0 Å². The molecular formula is C20H21N5O4S. The first-order valence-corrected chi connectivity index (χ1v) is 10.3. The van der Waals surface area contributed by atoms with Crippen molar-refractivity contribution >= 4 is 23.4 Å². The van der Waals surface area contributed by atoms with Crippen molar-refractivity contribution < 1.29 is 14.5 Å². The van der Waals surface area contributed by atoms with Crippen molar-refractivity contribution in [2.45, 2.75) is 18.3 Å². The Balaban J connectivity index is 1.58. The zero-order valence-electron chi connectivity index (χ0n) is 16.3. The molecule has 0 spiro atoms. The third-order valence-electron chi connectivity index (χ3n) is 4.32. The molecule has 0 aliphatic carbocycles. The summed E-state index contributed by atoms with van der Waals surface area (Å²) in [5.74, 6) is 0.778. The van der Waals surface area contributed by atoms with Gasteiger partial charge in [-0.05, 0) is 17.2 Å². The molecule has 1 N–H and O–H groups in total. The molecule has 1 amide bonds. The van der Waals surface area contributed by atoms with E-state index >= 15 is 0 Å². The number of aromatic nitrogens is 3. The van der Waals surface area contributed by atoms with Gasteiger partial charge >= 0.3 is 5.69 Å². The van der Waals surface area contributed by atoms with Crippen LogP contribution in [0.3, 0.4) is 0 Å². The number of benzene rings is 2. The molecule has 0 aliphatic rings. The van der Waals surface area contributed by atoms with Gasteiger partial charge in [-0.25, -0.2) is 4.98 Å². The lowest BCUT2D eigenvalue weighted by Crippen LogP contribution is -2.32. The summed E-state index contributed by atoms with van der Waals surface area (Å²) in [6.45, 7) is 0.463. The topological polar surface area (TPSA) is 112 Å². The van der Waals surface area contributed by atoms with Gasteiger partial charge in [0, 0.05) is 11.8 Å². The summed E-state index contributed by atoms with van der Waals surface area (Å²) in [4.78, 5) is 27.1. The number of carbonyl (C=O) groups excluding carboxylic acids is 1. The summed E-state index contributed by atoms with van der Waals surface area (Å²) in [7, 11) is 1.39. The molecule has 1 heterocycles. The molecule has 1 unspecified atom stereocenters. The lowest BCUT2D eigenvalue weighted by Gasteiger charge is -2.19. The highest BCUT2D eigenvalue weighted by Crippen LogP contribution is 2.29. The minimum atomic E-state index is -0.478. The number of thioether (sulfide) groups is 1. The van der Waals surface area contributed by atoms with E-state index in [2.05, 4.69) is 15.4 Å². The number of methoxy groups -OCH3 is 1. The van der Waals surface area contributed by atoms with Crippen LogP contribution in [0.15, 0.2) is 61.2 Å². The van der Waals surface area contributed by atoms with Gasteiger partial charge in [-0.15, -0.1) is 11.8 Å². The Morgan fingerprint density at radius 1 is 1.30 bits per heavy atom. The maximum absolute atomic E-state index is 12.5. The van der Waals surface area contributed by atoms with Gasteiger partial charge in [0.1, 0.15) is 12.7 Å². The Hall–Kier alpha value is -3.40. The maximum atomic E-state index is 12.5. The third kappa shape index (κ3) is 5.80. The summed E-state index contributed by atoms with van der Waals surface area (Å²) < 4.78 is 6.68. The summed E-state index contributed by atoms with van der Waals surface area (Å²) >= 11 is 1.38. The van der Waals surface area contributed by atoms with E-state index in [1.165, 1.54) is 31.3 Å². The van der Waals surface area contributed by atoms with Gasteiger partial charge < -0.3 is 10.1 Å². The maximum Gasteiger partial charge on any atom is 0.311 e. The van der Waals surface area contributed by atoms with Crippen LogP contribution in [0.1, 0.15) is 17.2 Å². The summed E-state index contributed by atoms with van der Waals surface area (Å²) in [6.07, 6.45) is 3.06. The van der Waals surface area contributed by atoms with Crippen LogP contribution in [-0.2, 0) is 17.1 Å². The van der Waals surface area contributed by atoms with Crippen molar-refractivity contribution in [2.24, 2.45) is 0 Å². The predicted molar refractivity (Wildman–Crippen MR) is 113 cm³/mol. The Morgan fingerprint density at radius 3 is 2.77 bits per heavy atom. The number of nitrogens with zero attached hydrogens (tertiary/aromatic N) is 4. The number of hydrogen-bond acceptors (Lipinski definition) is 7. The van der Waals surface area contributed by atoms with Crippen molar-refractivity contribution in [3.8, 4) is 5.75 Å². The van der Waals surface area contributed by atoms with Crippen molar-refractivity contribution in [3.63, 3.8) is 0 Å². The van der Waals surface area contributed by atoms with Crippen LogP contribution >= 0.6 is 11.8 Å². The van der Waals surface area contributed by atoms with Gasteiger partial charge in [-0.2, -0.15) is 5.10 Å². The largest absolute Gasteiger partial charge is 0.490 e. The number of nitrogens with one attached hydrogen (secondary N) is 1. The van der Waals surface area contributed by atoms with E-state index in [4.69, 9.17) is 4.74 Å². The number of ether oxygens (including phenoxy) is 1. The Kier molecular flexibility index (Phi) is 7.39. The molecule has 0 bridgehead atoms. The molecule has 0 aliphatic heterocycles.